The van der Waals surface area contributed by atoms with E-state index in [9.17, 15) is 9.59 Å². The molecule has 6 nitrogen and oxygen atoms in total. The molecule has 2 N–H and O–H groups in total. The Morgan fingerprint density at radius 3 is 2.42 bits per heavy atom. The van der Waals surface area contributed by atoms with Crippen LogP contribution in [0.2, 0.25) is 0 Å². The van der Waals surface area contributed by atoms with Crippen molar-refractivity contribution >= 4 is 23.2 Å². The number of rotatable bonds is 7. The first-order valence-corrected chi connectivity index (χ1v) is 9.34. The summed E-state index contributed by atoms with van der Waals surface area (Å²) < 4.78 is 5.67. The van der Waals surface area contributed by atoms with E-state index in [0.717, 1.165) is 10.8 Å². The summed E-state index contributed by atoms with van der Waals surface area (Å²) in [5, 5.41) is 7.97. The molecule has 0 spiro atoms. The first kappa shape index (κ1) is 19.9. The van der Waals surface area contributed by atoms with Crippen LogP contribution in [0.4, 0.5) is 0 Å². The number of hydrogen-bond donors (Lipinski definition) is 2. The second-order valence-electron chi connectivity index (χ2n) is 6.99. The van der Waals surface area contributed by atoms with Gasteiger partial charge in [0.25, 0.3) is 5.91 Å². The van der Waals surface area contributed by atoms with Crippen molar-refractivity contribution in [2.24, 2.45) is 5.41 Å². The highest BCUT2D eigenvalue weighted by atomic mass is 32.1. The molecule has 1 aromatic carbocycles. The maximum Gasteiger partial charge on any atom is 0.270 e. The highest BCUT2D eigenvalue weighted by molar-refractivity contribution is 7.09. The number of hydrogen-bond acceptors (Lipinski definition) is 5. The smallest absolute Gasteiger partial charge is 0.270 e. The molecule has 0 aliphatic carbocycles. The largest absolute Gasteiger partial charge is 0.486 e. The molecular formula is C19H25N3O3S. The lowest BCUT2D eigenvalue weighted by molar-refractivity contribution is -0.128. The van der Waals surface area contributed by atoms with Gasteiger partial charge in [-0.05, 0) is 19.1 Å². The summed E-state index contributed by atoms with van der Waals surface area (Å²) in [5.41, 5.74) is 1.09. The van der Waals surface area contributed by atoms with Crippen molar-refractivity contribution in [1.82, 2.24) is 15.6 Å². The Morgan fingerprint density at radius 2 is 1.77 bits per heavy atom. The number of nitrogens with zero attached hydrogens (tertiary/aromatic N) is 1. The van der Waals surface area contributed by atoms with E-state index in [-0.39, 0.29) is 11.8 Å². The summed E-state index contributed by atoms with van der Waals surface area (Å²) in [5.74, 6) is 0.468. The minimum absolute atomic E-state index is 0.0454. The van der Waals surface area contributed by atoms with Gasteiger partial charge in [-0.15, -0.1) is 11.3 Å². The number of amides is 2. The van der Waals surface area contributed by atoms with Crippen LogP contribution in [-0.4, -0.2) is 29.9 Å². The summed E-state index contributed by atoms with van der Waals surface area (Å²) in [6, 6.07) is 7.77. The molecule has 1 aromatic heterocycles. The van der Waals surface area contributed by atoms with Crippen LogP contribution >= 0.6 is 11.3 Å². The van der Waals surface area contributed by atoms with E-state index in [1.54, 1.807) is 5.38 Å². The lowest BCUT2D eigenvalue weighted by Crippen LogP contribution is -2.39. The molecule has 26 heavy (non-hydrogen) atoms. The maximum absolute atomic E-state index is 12.1. The van der Waals surface area contributed by atoms with Gasteiger partial charge in [0.1, 0.15) is 23.1 Å². The van der Waals surface area contributed by atoms with E-state index in [1.165, 1.54) is 16.9 Å². The molecule has 0 fully saturated rings. The average molecular weight is 375 g/mol. The van der Waals surface area contributed by atoms with Gasteiger partial charge in [-0.25, -0.2) is 4.98 Å². The van der Waals surface area contributed by atoms with Gasteiger partial charge in [-0.1, -0.05) is 38.5 Å². The third-order valence-electron chi connectivity index (χ3n) is 3.54. The Kier molecular flexibility index (Phi) is 6.74. The number of carbonyl (C=O) groups excluding carboxylic acids is 2. The predicted molar refractivity (Wildman–Crippen MR) is 102 cm³/mol. The minimum Gasteiger partial charge on any atom is -0.486 e. The Bertz CT molecular complexity index is 748. The van der Waals surface area contributed by atoms with Gasteiger partial charge in [0.2, 0.25) is 5.91 Å². The van der Waals surface area contributed by atoms with Gasteiger partial charge in [-0.2, -0.15) is 0 Å². The molecule has 0 aliphatic rings. The first-order valence-electron chi connectivity index (χ1n) is 8.46. The molecule has 1 heterocycles. The van der Waals surface area contributed by atoms with E-state index in [0.29, 0.717) is 25.4 Å². The van der Waals surface area contributed by atoms with E-state index < -0.39 is 5.41 Å². The summed E-state index contributed by atoms with van der Waals surface area (Å²) in [7, 11) is 0. The summed E-state index contributed by atoms with van der Waals surface area (Å²) in [6.45, 7) is 8.61. The Morgan fingerprint density at radius 1 is 1.12 bits per heavy atom. The van der Waals surface area contributed by atoms with Crippen molar-refractivity contribution in [3.63, 3.8) is 0 Å². The molecular weight excluding hydrogens is 350 g/mol. The van der Waals surface area contributed by atoms with Crippen molar-refractivity contribution in [1.29, 1.82) is 0 Å². The molecule has 2 rings (SSSR count). The SMILES string of the molecule is Cc1ccc(OCc2nc(C(=O)NCCNC(=O)C(C)(C)C)cs2)cc1. The minimum atomic E-state index is -0.439. The molecule has 7 heteroatoms. The van der Waals surface area contributed by atoms with Gasteiger partial charge in [0, 0.05) is 23.9 Å². The fourth-order valence-electron chi connectivity index (χ4n) is 1.97. The Labute approximate surface area is 158 Å². The highest BCUT2D eigenvalue weighted by Crippen LogP contribution is 2.16. The molecule has 0 saturated heterocycles. The average Bonchev–Trinajstić information content (AvgIpc) is 3.06. The molecule has 0 aliphatic heterocycles. The van der Waals surface area contributed by atoms with Gasteiger partial charge in [-0.3, -0.25) is 9.59 Å². The van der Waals surface area contributed by atoms with E-state index in [1.807, 2.05) is 52.0 Å². The Hall–Kier alpha value is -2.41. The molecule has 0 atom stereocenters. The van der Waals surface area contributed by atoms with E-state index in [2.05, 4.69) is 15.6 Å². The molecule has 0 radical (unpaired) electrons. The maximum atomic E-state index is 12.1. The molecule has 0 saturated carbocycles. The quantitative estimate of drug-likeness (QED) is 0.729. The van der Waals surface area contributed by atoms with E-state index >= 15 is 0 Å². The lowest BCUT2D eigenvalue weighted by Gasteiger charge is -2.17. The standard InChI is InChI=1S/C19H25N3O3S/c1-13-5-7-14(8-6-13)25-11-16-22-15(12-26-16)17(23)20-9-10-21-18(24)19(2,3)4/h5-8,12H,9-11H2,1-4H3,(H,20,23)(H,21,24). The van der Waals surface area contributed by atoms with Gasteiger partial charge in [0.05, 0.1) is 0 Å². The summed E-state index contributed by atoms with van der Waals surface area (Å²) in [4.78, 5) is 28.1. The van der Waals surface area contributed by atoms with Crippen molar-refractivity contribution < 1.29 is 14.3 Å². The topological polar surface area (TPSA) is 80.3 Å². The van der Waals surface area contributed by atoms with Crippen molar-refractivity contribution in [2.75, 3.05) is 13.1 Å². The van der Waals surface area contributed by atoms with Crippen LogP contribution in [0.3, 0.4) is 0 Å². The second-order valence-corrected chi connectivity index (χ2v) is 7.93. The van der Waals surface area contributed by atoms with Gasteiger partial charge < -0.3 is 15.4 Å². The van der Waals surface area contributed by atoms with Crippen LogP contribution in [0.25, 0.3) is 0 Å². The monoisotopic (exact) mass is 375 g/mol. The van der Waals surface area contributed by atoms with Crippen molar-refractivity contribution in [3.8, 4) is 5.75 Å². The number of nitrogens with one attached hydrogen (secondary N) is 2. The van der Waals surface area contributed by atoms with Crippen LogP contribution in [-0.2, 0) is 11.4 Å². The molecule has 140 valence electrons. The molecule has 2 amide bonds. The van der Waals surface area contributed by atoms with Crippen LogP contribution in [0.5, 0.6) is 5.75 Å². The zero-order chi connectivity index (χ0) is 19.2. The summed E-state index contributed by atoms with van der Waals surface area (Å²) in [6.07, 6.45) is 0. The number of benzene rings is 1. The Balaban J connectivity index is 1.75. The number of carbonyl (C=O) groups is 2. The van der Waals surface area contributed by atoms with Crippen molar-refractivity contribution in [3.05, 3.63) is 45.9 Å². The van der Waals surface area contributed by atoms with Crippen LogP contribution in [0, 0.1) is 12.3 Å². The fraction of sp³-hybridized carbons (Fsp3) is 0.421. The third kappa shape index (κ3) is 6.15. The van der Waals surface area contributed by atoms with Gasteiger partial charge in [0.15, 0.2) is 0 Å². The van der Waals surface area contributed by atoms with Crippen molar-refractivity contribution in [2.45, 2.75) is 34.3 Å². The fourth-order valence-corrected chi connectivity index (χ4v) is 2.65. The zero-order valence-electron chi connectivity index (χ0n) is 15.6. The summed E-state index contributed by atoms with van der Waals surface area (Å²) >= 11 is 1.38. The highest BCUT2D eigenvalue weighted by Gasteiger charge is 2.20. The number of thiazole rings is 1. The first-order chi connectivity index (χ1) is 12.3. The normalized spacial score (nSPS) is 11.1. The van der Waals surface area contributed by atoms with Crippen LogP contribution < -0.4 is 15.4 Å². The zero-order valence-corrected chi connectivity index (χ0v) is 16.4. The number of ether oxygens (including phenoxy) is 1. The number of aryl methyl sites for hydroxylation is 1. The van der Waals surface area contributed by atoms with Crippen LogP contribution in [0.15, 0.2) is 29.6 Å². The van der Waals surface area contributed by atoms with E-state index in [4.69, 9.17) is 4.74 Å². The number of aromatic nitrogens is 1. The second kappa shape index (κ2) is 8.80. The van der Waals surface area contributed by atoms with Crippen LogP contribution in [0.1, 0.15) is 41.8 Å². The third-order valence-corrected chi connectivity index (χ3v) is 4.37. The predicted octanol–water partition coefficient (Wildman–Crippen LogP) is 2.92. The molecule has 2 aromatic rings. The molecule has 0 unspecified atom stereocenters. The lowest BCUT2D eigenvalue weighted by atomic mass is 9.96. The molecule has 0 bridgehead atoms. The van der Waals surface area contributed by atoms with Gasteiger partial charge >= 0.3 is 0 Å².